The van der Waals surface area contributed by atoms with Gasteiger partial charge in [0.15, 0.2) is 0 Å². The van der Waals surface area contributed by atoms with E-state index in [1.54, 1.807) is 0 Å². The van der Waals surface area contributed by atoms with Gasteiger partial charge in [-0.1, -0.05) is 6.92 Å². The van der Waals surface area contributed by atoms with Crippen LogP contribution >= 0.6 is 0 Å². The molecule has 2 unspecified atom stereocenters. The molecule has 2 rings (SSSR count). The first-order valence-corrected chi connectivity index (χ1v) is 8.54. The molecule has 1 aliphatic heterocycles. The van der Waals surface area contributed by atoms with Crippen LogP contribution in [0, 0.1) is 5.92 Å². The SMILES string of the molecule is CNC(CCCC1CCCO1)C1(OC)CCC(C)CC1. The molecule has 0 spiro atoms. The van der Waals surface area contributed by atoms with Crippen LogP contribution in [-0.2, 0) is 9.47 Å². The fraction of sp³-hybridized carbons (Fsp3) is 1.00. The molecule has 3 nitrogen and oxygen atoms in total. The van der Waals surface area contributed by atoms with E-state index in [9.17, 15) is 0 Å². The molecule has 0 radical (unpaired) electrons. The van der Waals surface area contributed by atoms with Crippen LogP contribution in [0.2, 0.25) is 0 Å². The summed E-state index contributed by atoms with van der Waals surface area (Å²) in [6.45, 7) is 3.34. The van der Waals surface area contributed by atoms with Crippen molar-refractivity contribution in [2.75, 3.05) is 20.8 Å². The van der Waals surface area contributed by atoms with Crippen LogP contribution in [0.3, 0.4) is 0 Å². The lowest BCUT2D eigenvalue weighted by Crippen LogP contribution is -2.52. The van der Waals surface area contributed by atoms with E-state index < -0.39 is 0 Å². The zero-order valence-electron chi connectivity index (χ0n) is 13.6. The summed E-state index contributed by atoms with van der Waals surface area (Å²) in [6.07, 6.45) is 11.7. The van der Waals surface area contributed by atoms with Gasteiger partial charge in [-0.3, -0.25) is 0 Å². The molecule has 2 atom stereocenters. The van der Waals surface area contributed by atoms with Gasteiger partial charge >= 0.3 is 0 Å². The Morgan fingerprint density at radius 1 is 1.30 bits per heavy atom. The first kappa shape index (κ1) is 16.3. The molecule has 1 saturated heterocycles. The maximum Gasteiger partial charge on any atom is 0.0831 e. The maximum atomic E-state index is 6.01. The second-order valence-corrected chi connectivity index (χ2v) is 6.86. The number of rotatable bonds is 7. The summed E-state index contributed by atoms with van der Waals surface area (Å²) in [7, 11) is 4.00. The van der Waals surface area contributed by atoms with Crippen molar-refractivity contribution in [2.45, 2.75) is 82.5 Å². The lowest BCUT2D eigenvalue weighted by Gasteiger charge is -2.44. The van der Waals surface area contributed by atoms with Crippen LogP contribution in [0.1, 0.15) is 64.7 Å². The fourth-order valence-corrected chi connectivity index (χ4v) is 4.04. The zero-order valence-corrected chi connectivity index (χ0v) is 13.6. The largest absolute Gasteiger partial charge is 0.378 e. The van der Waals surface area contributed by atoms with Crippen molar-refractivity contribution in [2.24, 2.45) is 5.92 Å². The van der Waals surface area contributed by atoms with E-state index in [-0.39, 0.29) is 5.60 Å². The molecule has 118 valence electrons. The highest BCUT2D eigenvalue weighted by Gasteiger charge is 2.40. The fourth-order valence-electron chi connectivity index (χ4n) is 4.04. The minimum Gasteiger partial charge on any atom is -0.378 e. The summed E-state index contributed by atoms with van der Waals surface area (Å²) in [5.74, 6) is 0.864. The molecule has 0 aromatic carbocycles. The number of nitrogens with one attached hydrogen (secondary N) is 1. The van der Waals surface area contributed by atoms with Crippen LogP contribution in [-0.4, -0.2) is 38.5 Å². The van der Waals surface area contributed by atoms with Crippen molar-refractivity contribution in [3.63, 3.8) is 0 Å². The van der Waals surface area contributed by atoms with Crippen LogP contribution in [0.5, 0.6) is 0 Å². The molecule has 1 saturated carbocycles. The molecule has 1 heterocycles. The number of hydrogen-bond acceptors (Lipinski definition) is 3. The Morgan fingerprint density at radius 3 is 2.60 bits per heavy atom. The average Bonchev–Trinajstić information content (AvgIpc) is 2.98. The summed E-state index contributed by atoms with van der Waals surface area (Å²) >= 11 is 0. The molecule has 0 amide bonds. The van der Waals surface area contributed by atoms with Crippen molar-refractivity contribution in [3.05, 3.63) is 0 Å². The third-order valence-electron chi connectivity index (χ3n) is 5.55. The van der Waals surface area contributed by atoms with Gasteiger partial charge in [0.25, 0.3) is 0 Å². The summed E-state index contributed by atoms with van der Waals surface area (Å²) in [5, 5.41) is 3.54. The third-order valence-corrected chi connectivity index (χ3v) is 5.55. The molecule has 2 fully saturated rings. The highest BCUT2D eigenvalue weighted by Crippen LogP contribution is 2.38. The Labute approximate surface area is 124 Å². The summed E-state index contributed by atoms with van der Waals surface area (Å²) < 4.78 is 11.7. The Hall–Kier alpha value is -0.120. The van der Waals surface area contributed by atoms with Crippen molar-refractivity contribution in [1.29, 1.82) is 0 Å². The lowest BCUT2D eigenvalue weighted by atomic mass is 9.74. The maximum absolute atomic E-state index is 6.01. The van der Waals surface area contributed by atoms with Crippen LogP contribution in [0.15, 0.2) is 0 Å². The van der Waals surface area contributed by atoms with Gasteiger partial charge in [0.1, 0.15) is 0 Å². The predicted molar refractivity (Wildman–Crippen MR) is 83.0 cm³/mol. The van der Waals surface area contributed by atoms with Gasteiger partial charge in [0.05, 0.1) is 11.7 Å². The van der Waals surface area contributed by atoms with Gasteiger partial charge in [-0.15, -0.1) is 0 Å². The van der Waals surface area contributed by atoms with E-state index in [0.29, 0.717) is 12.1 Å². The molecule has 3 heteroatoms. The van der Waals surface area contributed by atoms with Crippen molar-refractivity contribution in [3.8, 4) is 0 Å². The smallest absolute Gasteiger partial charge is 0.0831 e. The Kier molecular flexibility index (Phi) is 6.31. The van der Waals surface area contributed by atoms with Crippen LogP contribution < -0.4 is 5.32 Å². The lowest BCUT2D eigenvalue weighted by molar-refractivity contribution is -0.0757. The second kappa shape index (κ2) is 7.77. The van der Waals surface area contributed by atoms with E-state index in [2.05, 4.69) is 19.3 Å². The third kappa shape index (κ3) is 3.96. The minimum absolute atomic E-state index is 0.0673. The van der Waals surface area contributed by atoms with E-state index in [4.69, 9.17) is 9.47 Å². The highest BCUT2D eigenvalue weighted by molar-refractivity contribution is 4.96. The Balaban J connectivity index is 1.81. The molecule has 0 bridgehead atoms. The van der Waals surface area contributed by atoms with E-state index in [0.717, 1.165) is 12.5 Å². The topological polar surface area (TPSA) is 30.5 Å². The first-order valence-electron chi connectivity index (χ1n) is 8.54. The zero-order chi connectivity index (χ0) is 14.4. The molecule has 2 aliphatic rings. The van der Waals surface area contributed by atoms with Gasteiger partial charge in [0.2, 0.25) is 0 Å². The number of ether oxygens (including phenoxy) is 2. The number of hydrogen-bond donors (Lipinski definition) is 1. The van der Waals surface area contributed by atoms with Gasteiger partial charge < -0.3 is 14.8 Å². The van der Waals surface area contributed by atoms with Gasteiger partial charge in [0, 0.05) is 19.8 Å². The van der Waals surface area contributed by atoms with Crippen molar-refractivity contribution in [1.82, 2.24) is 5.32 Å². The summed E-state index contributed by atoms with van der Waals surface area (Å²) in [4.78, 5) is 0. The normalized spacial score (nSPS) is 36.1. The Morgan fingerprint density at radius 2 is 2.05 bits per heavy atom. The Bertz CT molecular complexity index is 268. The van der Waals surface area contributed by atoms with Crippen molar-refractivity contribution < 1.29 is 9.47 Å². The molecule has 20 heavy (non-hydrogen) atoms. The molecular formula is C17H33NO2. The van der Waals surface area contributed by atoms with Gasteiger partial charge in [-0.25, -0.2) is 0 Å². The molecule has 1 aliphatic carbocycles. The first-order chi connectivity index (χ1) is 9.70. The second-order valence-electron chi connectivity index (χ2n) is 6.86. The number of likely N-dealkylation sites (N-methyl/N-ethyl adjacent to an activating group) is 1. The van der Waals surface area contributed by atoms with Crippen LogP contribution in [0.25, 0.3) is 0 Å². The van der Waals surface area contributed by atoms with Crippen molar-refractivity contribution >= 4 is 0 Å². The molecule has 0 aromatic heterocycles. The standard InChI is InChI=1S/C17H33NO2/c1-14-9-11-17(19-3,12-10-14)16(18-2)8-4-6-15-7-5-13-20-15/h14-16,18H,4-13H2,1-3H3. The molecule has 1 N–H and O–H groups in total. The average molecular weight is 283 g/mol. The molecule has 0 aromatic rings. The number of methoxy groups -OCH3 is 1. The molecular weight excluding hydrogens is 250 g/mol. The van der Waals surface area contributed by atoms with Gasteiger partial charge in [-0.2, -0.15) is 0 Å². The minimum atomic E-state index is 0.0673. The van der Waals surface area contributed by atoms with E-state index >= 15 is 0 Å². The monoisotopic (exact) mass is 283 g/mol. The quantitative estimate of drug-likeness (QED) is 0.775. The van der Waals surface area contributed by atoms with Crippen LogP contribution in [0.4, 0.5) is 0 Å². The highest BCUT2D eigenvalue weighted by atomic mass is 16.5. The van der Waals surface area contributed by atoms with E-state index in [1.807, 2.05) is 7.11 Å². The summed E-state index contributed by atoms with van der Waals surface area (Å²) in [6, 6.07) is 0.487. The van der Waals surface area contributed by atoms with Gasteiger partial charge in [-0.05, 0) is 70.8 Å². The summed E-state index contributed by atoms with van der Waals surface area (Å²) in [5.41, 5.74) is 0.0673. The van der Waals surface area contributed by atoms with E-state index in [1.165, 1.54) is 57.8 Å². The predicted octanol–water partition coefficient (Wildman–Crippen LogP) is 3.52.